The van der Waals surface area contributed by atoms with Crippen molar-refractivity contribution >= 4 is 10.9 Å². The molecule has 2 aromatic rings. The van der Waals surface area contributed by atoms with Crippen LogP contribution in [-0.4, -0.2) is 59.2 Å². The lowest BCUT2D eigenvalue weighted by Crippen LogP contribution is -2.51. The van der Waals surface area contributed by atoms with E-state index in [1.807, 2.05) is 7.11 Å². The molecule has 1 aliphatic heterocycles. The van der Waals surface area contributed by atoms with Gasteiger partial charge < -0.3 is 19.1 Å². The number of likely N-dealkylation sites (tertiary alicyclic amines) is 1. The van der Waals surface area contributed by atoms with E-state index in [4.69, 9.17) is 14.6 Å². The quantitative estimate of drug-likeness (QED) is 0.862. The molecule has 0 radical (unpaired) electrons. The van der Waals surface area contributed by atoms with Crippen LogP contribution < -0.4 is 0 Å². The van der Waals surface area contributed by atoms with Crippen LogP contribution in [-0.2, 0) is 23.1 Å². The standard InChI is InChI=1S/C21H30N2O3/c1-22-9-6-17-13-16(3-4-19(17)22)15-23-10-8-21(25-2)7-5-18(14-20(21)23)26-12-11-24/h3-4,6,9,13,18,20,24H,5,7-8,10-12,14-15H2,1-2H3/t18-,20+,21-/m1/s1. The normalized spacial score (nSPS) is 29.3. The van der Waals surface area contributed by atoms with Crippen molar-refractivity contribution in [3.63, 3.8) is 0 Å². The molecule has 1 saturated carbocycles. The van der Waals surface area contributed by atoms with Gasteiger partial charge in [-0.2, -0.15) is 0 Å². The molecule has 3 atom stereocenters. The van der Waals surface area contributed by atoms with Gasteiger partial charge in [-0.25, -0.2) is 0 Å². The van der Waals surface area contributed by atoms with Crippen molar-refractivity contribution in [2.24, 2.45) is 7.05 Å². The fourth-order valence-electron chi connectivity index (χ4n) is 4.98. The Balaban J connectivity index is 1.51. The second kappa shape index (κ2) is 7.31. The number of aliphatic hydroxyl groups excluding tert-OH is 1. The first kappa shape index (κ1) is 18.0. The number of nitrogens with zero attached hydrogens (tertiary/aromatic N) is 2. The average molecular weight is 358 g/mol. The van der Waals surface area contributed by atoms with Crippen LogP contribution in [0.4, 0.5) is 0 Å². The maximum Gasteiger partial charge on any atom is 0.0847 e. The van der Waals surface area contributed by atoms with E-state index >= 15 is 0 Å². The first-order valence-electron chi connectivity index (χ1n) is 9.71. The van der Waals surface area contributed by atoms with Crippen LogP contribution in [0.25, 0.3) is 10.9 Å². The highest BCUT2D eigenvalue weighted by Crippen LogP contribution is 2.43. The lowest BCUT2D eigenvalue weighted by molar-refractivity contribution is -0.104. The molecular weight excluding hydrogens is 328 g/mol. The summed E-state index contributed by atoms with van der Waals surface area (Å²) in [6.07, 6.45) is 6.49. The SMILES string of the molecule is CO[C@@]12CC[C@@H](OCCO)C[C@@H]1N(Cc1ccc3c(ccn3C)c1)CC2. The molecule has 4 rings (SSSR count). The second-order valence-corrected chi connectivity index (χ2v) is 7.82. The number of rotatable bonds is 6. The van der Waals surface area contributed by atoms with E-state index in [1.165, 1.54) is 16.5 Å². The summed E-state index contributed by atoms with van der Waals surface area (Å²) in [5.74, 6) is 0. The molecule has 0 bridgehead atoms. The Labute approximate surface area is 155 Å². The monoisotopic (exact) mass is 358 g/mol. The van der Waals surface area contributed by atoms with Crippen molar-refractivity contribution in [1.82, 2.24) is 9.47 Å². The summed E-state index contributed by atoms with van der Waals surface area (Å²) in [7, 11) is 3.95. The summed E-state index contributed by atoms with van der Waals surface area (Å²) in [4.78, 5) is 2.57. The van der Waals surface area contributed by atoms with Crippen molar-refractivity contribution in [2.45, 2.75) is 50.0 Å². The summed E-state index contributed by atoms with van der Waals surface area (Å²) in [5, 5.41) is 10.4. The first-order valence-corrected chi connectivity index (χ1v) is 9.71. The molecule has 2 fully saturated rings. The van der Waals surface area contributed by atoms with E-state index < -0.39 is 0 Å². The predicted octanol–water partition coefficient (Wildman–Crippen LogP) is 2.70. The molecule has 1 N–H and O–H groups in total. The molecule has 1 aliphatic carbocycles. The lowest BCUT2D eigenvalue weighted by atomic mass is 9.79. The van der Waals surface area contributed by atoms with Crippen LogP contribution >= 0.6 is 0 Å². The third-order valence-electron chi connectivity index (χ3n) is 6.43. The van der Waals surface area contributed by atoms with Crippen LogP contribution in [0.3, 0.4) is 0 Å². The van der Waals surface area contributed by atoms with Crippen LogP contribution in [0.1, 0.15) is 31.2 Å². The Kier molecular flexibility index (Phi) is 5.06. The van der Waals surface area contributed by atoms with Gasteiger partial charge in [0.1, 0.15) is 0 Å². The summed E-state index contributed by atoms with van der Waals surface area (Å²) in [6.45, 7) is 2.55. The number of hydrogen-bond acceptors (Lipinski definition) is 4. The molecule has 2 heterocycles. The minimum Gasteiger partial charge on any atom is -0.394 e. The zero-order valence-electron chi connectivity index (χ0n) is 15.9. The van der Waals surface area contributed by atoms with Crippen molar-refractivity contribution in [3.05, 3.63) is 36.0 Å². The highest BCUT2D eigenvalue weighted by Gasteiger charge is 2.51. The first-order chi connectivity index (χ1) is 12.6. The van der Waals surface area contributed by atoms with Gasteiger partial charge >= 0.3 is 0 Å². The molecule has 1 aromatic carbocycles. The maximum atomic E-state index is 9.05. The molecular formula is C21H30N2O3. The van der Waals surface area contributed by atoms with Gasteiger partial charge in [0, 0.05) is 45.0 Å². The topological polar surface area (TPSA) is 46.9 Å². The second-order valence-electron chi connectivity index (χ2n) is 7.82. The van der Waals surface area contributed by atoms with Crippen molar-refractivity contribution < 1.29 is 14.6 Å². The third-order valence-corrected chi connectivity index (χ3v) is 6.43. The van der Waals surface area contributed by atoms with Gasteiger partial charge in [-0.15, -0.1) is 0 Å². The zero-order chi connectivity index (χ0) is 18.1. The van der Waals surface area contributed by atoms with E-state index in [-0.39, 0.29) is 18.3 Å². The van der Waals surface area contributed by atoms with E-state index in [1.54, 1.807) is 0 Å². The lowest BCUT2D eigenvalue weighted by Gasteiger charge is -2.43. The number of hydrogen-bond donors (Lipinski definition) is 1. The molecule has 2 aliphatic rings. The van der Waals surface area contributed by atoms with Gasteiger partial charge in [-0.1, -0.05) is 6.07 Å². The molecule has 26 heavy (non-hydrogen) atoms. The number of ether oxygens (including phenoxy) is 2. The minimum atomic E-state index is -0.0318. The Morgan fingerprint density at radius 2 is 2.15 bits per heavy atom. The van der Waals surface area contributed by atoms with E-state index in [0.717, 1.165) is 38.8 Å². The molecule has 0 spiro atoms. The van der Waals surface area contributed by atoms with Crippen LogP contribution in [0.2, 0.25) is 0 Å². The van der Waals surface area contributed by atoms with Gasteiger partial charge in [-0.3, -0.25) is 4.90 Å². The number of aromatic nitrogens is 1. The maximum absolute atomic E-state index is 9.05. The average Bonchev–Trinajstić information content (AvgIpc) is 3.21. The Hall–Kier alpha value is -1.40. The fourth-order valence-corrected chi connectivity index (χ4v) is 4.98. The van der Waals surface area contributed by atoms with Gasteiger partial charge in [0.25, 0.3) is 0 Å². The van der Waals surface area contributed by atoms with Crippen LogP contribution in [0.5, 0.6) is 0 Å². The van der Waals surface area contributed by atoms with Crippen molar-refractivity contribution in [3.8, 4) is 0 Å². The number of fused-ring (bicyclic) bond motifs is 2. The van der Waals surface area contributed by atoms with Crippen LogP contribution in [0, 0.1) is 0 Å². The predicted molar refractivity (Wildman–Crippen MR) is 102 cm³/mol. The summed E-state index contributed by atoms with van der Waals surface area (Å²) < 4.78 is 14.1. The summed E-state index contributed by atoms with van der Waals surface area (Å²) in [6, 6.07) is 9.35. The van der Waals surface area contributed by atoms with Crippen molar-refractivity contribution in [2.75, 3.05) is 26.9 Å². The van der Waals surface area contributed by atoms with Crippen LogP contribution in [0.15, 0.2) is 30.5 Å². The number of aliphatic hydroxyl groups is 1. The van der Waals surface area contributed by atoms with Gasteiger partial charge in [-0.05, 0) is 54.8 Å². The largest absolute Gasteiger partial charge is 0.394 e. The number of aryl methyl sites for hydroxylation is 1. The smallest absolute Gasteiger partial charge is 0.0847 e. The van der Waals surface area contributed by atoms with E-state index in [2.05, 4.69) is 47.0 Å². The summed E-state index contributed by atoms with van der Waals surface area (Å²) >= 11 is 0. The Morgan fingerprint density at radius 1 is 1.27 bits per heavy atom. The van der Waals surface area contributed by atoms with Crippen molar-refractivity contribution in [1.29, 1.82) is 0 Å². The number of benzene rings is 1. The molecule has 1 saturated heterocycles. The van der Waals surface area contributed by atoms with Gasteiger partial charge in [0.15, 0.2) is 0 Å². The Morgan fingerprint density at radius 3 is 2.96 bits per heavy atom. The molecule has 1 aromatic heterocycles. The molecule has 142 valence electrons. The number of methoxy groups -OCH3 is 1. The van der Waals surface area contributed by atoms with E-state index in [9.17, 15) is 0 Å². The van der Waals surface area contributed by atoms with E-state index in [0.29, 0.717) is 12.6 Å². The molecule has 5 nitrogen and oxygen atoms in total. The molecule has 0 unspecified atom stereocenters. The Bertz CT molecular complexity index is 759. The fraction of sp³-hybridized carbons (Fsp3) is 0.619. The van der Waals surface area contributed by atoms with Gasteiger partial charge in [0.2, 0.25) is 0 Å². The highest BCUT2D eigenvalue weighted by atomic mass is 16.5. The molecule has 0 amide bonds. The minimum absolute atomic E-state index is 0.0318. The summed E-state index contributed by atoms with van der Waals surface area (Å²) in [5.41, 5.74) is 2.60. The third kappa shape index (κ3) is 3.18. The highest BCUT2D eigenvalue weighted by molar-refractivity contribution is 5.80. The zero-order valence-corrected chi connectivity index (χ0v) is 15.9. The van der Waals surface area contributed by atoms with Gasteiger partial charge in [0.05, 0.1) is 24.9 Å². The molecule has 5 heteroatoms.